The van der Waals surface area contributed by atoms with Crippen LogP contribution < -0.4 is 0 Å². The zero-order chi connectivity index (χ0) is 99.2. The average molecular weight is 2310 g/mol. The molecule has 0 aliphatic rings. The van der Waals surface area contributed by atoms with Crippen LogP contribution in [-0.2, 0) is 139 Å². The molecule has 0 saturated carbocycles. The average Bonchev–Trinajstić information content (AvgIpc) is 0.956. The third kappa shape index (κ3) is 209. The SMILES string of the molecule is C.C.C.C.C.C.C.C.C.C.C.C.C.C.C.C.C.C.CCCOCCOCCC[Si](C)(C)OC.CCOCCOCCC[Si](C)(C)OC.CCOCCOCCOCCC[Si](C)(C)OC.COCCC[Si](C)(C)OC.COCCOCCC[Si](C)(C)OC.COCCOCCOCCC[Si](C)(C)OC.COCCOCCOCCC[Si](C)(C)OC.COCCOCOCCC[Si](C)(C)OC.COCOCCC[Si](C)(C)OC. The quantitative estimate of drug-likeness (QED) is 0.0311. The topological polar surface area (TPSA) is 277 Å². The Morgan fingerprint density at radius 2 is 0.247 bits per heavy atom. The summed E-state index contributed by atoms with van der Waals surface area (Å²) in [6.45, 7) is 69.8. The molecule has 0 rings (SSSR count). The standard InChI is InChI=1S/C12H28O4Si.2C11H26O4Si.C11H26O3Si.C10H24O4Si.C10H24O3Si.C9H22O3Si.C8H20O3Si.C7H18O2Si.18CH4/c1-5-14-8-9-16-11-10-15-7-6-12-17(3,4)13-2;2*1-12-7-8-15-10-9-14-6-5-11-16(3,4)13-2;1-5-7-13-9-10-14-8-6-11-15(3,4)12-2;1-11-7-8-14-10-13-6-5-9-15(3,4)12-2;1-5-12-8-9-13-7-6-10-14(3,4)11-2;1-10-7-8-12-6-5-9-13(3,4)11-2;1-9-8-11-6-5-7-12(3,4)10-2;1-8-6-5-7-10(3,4)9-2;;;;;;;;;;;;;;;;;;/h5-12H2,1-4H3;2*5-11H2,1-4H3;5-11H2,1-4H3;5-10H2,1-4H3;5-10H2,1-4H3;5-9H2,1-4H3;5-8H2,1-4H3;5-7H2,1-4H3;18*1H4. The van der Waals surface area contributed by atoms with Gasteiger partial charge in [-0.05, 0) is 250 Å². The predicted octanol–water partition coefficient (Wildman–Crippen LogP) is 30.0. The number of rotatable bonds is 83. The Balaban J connectivity index is -0.0000000431. The fraction of sp³-hybridized carbons (Fsp3) is 1.00. The Morgan fingerprint density at radius 3 is 0.397 bits per heavy atom. The van der Waals surface area contributed by atoms with Crippen molar-refractivity contribution in [1.29, 1.82) is 0 Å². The maximum absolute atomic E-state index is 5.48. The van der Waals surface area contributed by atoms with Gasteiger partial charge in [0.15, 0.2) is 74.9 Å². The van der Waals surface area contributed by atoms with Crippen LogP contribution in [0.3, 0.4) is 0 Å². The van der Waals surface area contributed by atoms with Gasteiger partial charge in [-0.15, -0.1) is 0 Å². The lowest BCUT2D eigenvalue weighted by atomic mass is 10.5. The van der Waals surface area contributed by atoms with E-state index in [0.717, 1.165) is 199 Å². The fourth-order valence-electron chi connectivity index (χ4n) is 9.41. The summed E-state index contributed by atoms with van der Waals surface area (Å²) in [7, 11) is 13.9. The number of methoxy groups -OCH3 is 6. The van der Waals surface area contributed by atoms with Gasteiger partial charge in [0.05, 0.1) is 132 Å². The van der Waals surface area contributed by atoms with E-state index in [1.165, 1.54) is 12.1 Å². The van der Waals surface area contributed by atoms with Gasteiger partial charge in [0.2, 0.25) is 0 Å². The number of hydrogen-bond acceptors (Lipinski definition) is 30. The molecular formula is C107H286O30Si9. The molecule has 0 fully saturated rings. The first kappa shape index (κ1) is 217. The molecule has 0 bridgehead atoms. The van der Waals surface area contributed by atoms with Crippen LogP contribution in [0.2, 0.25) is 172 Å². The van der Waals surface area contributed by atoms with Crippen molar-refractivity contribution in [1.82, 2.24) is 0 Å². The van der Waals surface area contributed by atoms with Crippen LogP contribution in [-0.4, -0.2) is 407 Å². The molecule has 0 amide bonds. The summed E-state index contributed by atoms with van der Waals surface area (Å²) in [5.74, 6) is 0. The lowest BCUT2D eigenvalue weighted by molar-refractivity contribution is -0.0654. The van der Waals surface area contributed by atoms with Crippen molar-refractivity contribution in [2.75, 3.05) is 332 Å². The zero-order valence-electron chi connectivity index (χ0n) is 90.2. The number of hydrogen-bond donors (Lipinski definition) is 0. The maximum atomic E-state index is 5.48. The minimum Gasteiger partial charge on any atom is -0.420 e. The van der Waals surface area contributed by atoms with E-state index in [0.29, 0.717) is 133 Å². The predicted molar refractivity (Wildman–Crippen MR) is 672 cm³/mol. The van der Waals surface area contributed by atoms with Gasteiger partial charge in [-0.1, -0.05) is 141 Å². The van der Waals surface area contributed by atoms with Crippen molar-refractivity contribution in [2.24, 2.45) is 0 Å². The molecule has 0 spiro atoms. The van der Waals surface area contributed by atoms with Crippen molar-refractivity contribution in [2.45, 2.75) is 391 Å². The van der Waals surface area contributed by atoms with Gasteiger partial charge < -0.3 is 139 Å². The third-order valence-corrected chi connectivity index (χ3v) is 43.7. The first-order valence-corrected chi connectivity index (χ1v) is 75.2. The Bertz CT molecular complexity index is 2000. The monoisotopic (exact) mass is 2300 g/mol. The van der Waals surface area contributed by atoms with E-state index in [-0.39, 0.29) is 134 Å². The normalized spacial score (nSPS) is 10.5. The molecule has 146 heavy (non-hydrogen) atoms. The van der Waals surface area contributed by atoms with Gasteiger partial charge in [0.1, 0.15) is 13.6 Å². The lowest BCUT2D eigenvalue weighted by Gasteiger charge is -2.19. The van der Waals surface area contributed by atoms with E-state index < -0.39 is 74.9 Å². The molecule has 0 saturated heterocycles. The Morgan fingerprint density at radius 1 is 0.123 bits per heavy atom. The molecule has 0 radical (unpaired) electrons. The van der Waals surface area contributed by atoms with Crippen LogP contribution >= 0.6 is 0 Å². The highest BCUT2D eigenvalue weighted by Gasteiger charge is 2.26. The maximum Gasteiger partial charge on any atom is 0.186 e. The van der Waals surface area contributed by atoms with Crippen LogP contribution in [0, 0.1) is 0 Å². The molecule has 30 nitrogen and oxygen atoms in total. The Kier molecular flexibility index (Phi) is 240. The molecule has 0 aliphatic carbocycles. The molecule has 0 aromatic rings. The fourth-order valence-corrected chi connectivity index (χ4v) is 20.2. The Labute approximate surface area is 931 Å². The highest BCUT2D eigenvalue weighted by molar-refractivity contribution is 6.74. The van der Waals surface area contributed by atoms with E-state index in [2.05, 4.69) is 125 Å². The molecule has 0 N–H and O–H groups in total. The van der Waals surface area contributed by atoms with Crippen molar-refractivity contribution < 1.29 is 139 Å². The second-order valence-electron chi connectivity index (χ2n) is 35.3. The first-order chi connectivity index (χ1) is 60.6. The second kappa shape index (κ2) is 161. The Hall–Kier alpha value is 0.752. The van der Waals surface area contributed by atoms with Crippen LogP contribution in [0.5, 0.6) is 0 Å². The largest absolute Gasteiger partial charge is 0.420 e. The minimum absolute atomic E-state index is 0. The third-order valence-electron chi connectivity index (χ3n) is 19.7. The molecule has 0 aromatic carbocycles. The van der Waals surface area contributed by atoms with Crippen molar-refractivity contribution in [3.05, 3.63) is 0 Å². The van der Waals surface area contributed by atoms with Gasteiger partial charge in [-0.25, -0.2) is 0 Å². The van der Waals surface area contributed by atoms with Gasteiger partial charge >= 0.3 is 0 Å². The van der Waals surface area contributed by atoms with E-state index in [1.54, 1.807) is 92.4 Å². The summed E-state index contributed by atoms with van der Waals surface area (Å²) >= 11 is 0. The summed E-state index contributed by atoms with van der Waals surface area (Å²) in [6.07, 6.45) is 10.8. The van der Waals surface area contributed by atoms with E-state index in [9.17, 15) is 0 Å². The summed E-state index contributed by atoms with van der Waals surface area (Å²) in [4.78, 5) is 0. The van der Waals surface area contributed by atoms with Crippen molar-refractivity contribution >= 4 is 74.9 Å². The van der Waals surface area contributed by atoms with Gasteiger partial charge in [0, 0.05) is 186 Å². The highest BCUT2D eigenvalue weighted by Crippen LogP contribution is 2.19. The van der Waals surface area contributed by atoms with Crippen LogP contribution in [0.25, 0.3) is 0 Å². The van der Waals surface area contributed by atoms with E-state index in [1.807, 2.05) is 28.1 Å². The summed E-state index contributed by atoms with van der Waals surface area (Å²) in [6, 6.07) is 10.4. The van der Waals surface area contributed by atoms with Crippen molar-refractivity contribution in [3.63, 3.8) is 0 Å². The highest BCUT2D eigenvalue weighted by atomic mass is 28.4. The molecule has 0 unspecified atom stereocenters. The summed E-state index contributed by atoms with van der Waals surface area (Å²) < 4.78 is 158. The summed E-state index contributed by atoms with van der Waals surface area (Å²) in [5, 5.41) is 0. The van der Waals surface area contributed by atoms with Crippen LogP contribution in [0.15, 0.2) is 0 Å². The van der Waals surface area contributed by atoms with Gasteiger partial charge in [-0.3, -0.25) is 0 Å². The van der Waals surface area contributed by atoms with E-state index >= 15 is 0 Å². The smallest absolute Gasteiger partial charge is 0.186 e. The van der Waals surface area contributed by atoms with Crippen molar-refractivity contribution in [3.8, 4) is 0 Å². The molecule has 0 atom stereocenters. The van der Waals surface area contributed by atoms with Gasteiger partial charge in [-0.2, -0.15) is 0 Å². The number of ether oxygens (including phenoxy) is 21. The van der Waals surface area contributed by atoms with Crippen LogP contribution in [0.4, 0.5) is 0 Å². The van der Waals surface area contributed by atoms with E-state index in [4.69, 9.17) is 139 Å². The molecule has 930 valence electrons. The molecular weight excluding hydrogens is 2020 g/mol. The molecule has 0 heterocycles. The van der Waals surface area contributed by atoms with Crippen LogP contribution in [0.1, 0.15) is 219 Å². The first-order valence-electron chi connectivity index (χ1n) is 47.2. The molecule has 39 heteroatoms. The minimum atomic E-state index is -1.40. The zero-order valence-corrected chi connectivity index (χ0v) is 99.2. The lowest BCUT2D eigenvalue weighted by Crippen LogP contribution is -2.28. The molecule has 0 aliphatic heterocycles. The van der Waals surface area contributed by atoms with Gasteiger partial charge in [0.25, 0.3) is 0 Å². The molecule has 0 aromatic heterocycles. The summed E-state index contributed by atoms with van der Waals surface area (Å²) in [5.41, 5.74) is 0. The second-order valence-corrected chi connectivity index (χ2v) is 75.2.